The van der Waals surface area contributed by atoms with Gasteiger partial charge in [-0.15, -0.1) is 11.3 Å². The van der Waals surface area contributed by atoms with Gasteiger partial charge in [0.2, 0.25) is 5.91 Å². The van der Waals surface area contributed by atoms with E-state index in [0.29, 0.717) is 6.42 Å². The van der Waals surface area contributed by atoms with E-state index in [1.54, 1.807) is 0 Å². The van der Waals surface area contributed by atoms with Gasteiger partial charge in [0, 0.05) is 23.7 Å². The smallest absolute Gasteiger partial charge is 0.227 e. The van der Waals surface area contributed by atoms with Crippen molar-refractivity contribution >= 4 is 29.5 Å². The van der Waals surface area contributed by atoms with Crippen molar-refractivity contribution in [2.45, 2.75) is 26.2 Å². The number of thiazole rings is 1. The molecule has 82 valence electrons. The normalized spacial score (nSPS) is 15.9. The molecule has 1 aromatic rings. The summed E-state index contributed by atoms with van der Waals surface area (Å²) in [5.74, 6) is 0.237. The predicted molar refractivity (Wildman–Crippen MR) is 63.8 cm³/mol. The Kier molecular flexibility index (Phi) is 3.21. The Bertz CT molecular complexity index is 415. The first-order valence-electron chi connectivity index (χ1n) is 5.13. The van der Waals surface area contributed by atoms with Gasteiger partial charge in [0.05, 0.1) is 6.42 Å². The molecule has 2 heterocycles. The zero-order chi connectivity index (χ0) is 10.8. The van der Waals surface area contributed by atoms with Crippen molar-refractivity contribution in [3.8, 4) is 0 Å². The first kappa shape index (κ1) is 10.8. The second kappa shape index (κ2) is 4.45. The van der Waals surface area contributed by atoms with Gasteiger partial charge in [-0.2, -0.15) is 0 Å². The molecule has 0 spiro atoms. The van der Waals surface area contributed by atoms with Gasteiger partial charge in [-0.05, 0) is 32.0 Å². The lowest BCUT2D eigenvalue weighted by molar-refractivity contribution is -0.129. The van der Waals surface area contributed by atoms with E-state index in [9.17, 15) is 4.79 Å². The zero-order valence-electron chi connectivity index (χ0n) is 8.71. The molecule has 1 saturated heterocycles. The summed E-state index contributed by atoms with van der Waals surface area (Å²) in [6.07, 6.45) is 2.80. The maximum absolute atomic E-state index is 11.9. The van der Waals surface area contributed by atoms with Crippen LogP contribution in [0.5, 0.6) is 0 Å². The van der Waals surface area contributed by atoms with Crippen LogP contribution in [-0.2, 0) is 11.2 Å². The number of nitrogens with one attached hydrogen (secondary N) is 1. The van der Waals surface area contributed by atoms with E-state index >= 15 is 0 Å². The molecule has 1 aliphatic rings. The molecule has 1 amide bonds. The third kappa shape index (κ3) is 2.46. The molecule has 1 aromatic heterocycles. The van der Waals surface area contributed by atoms with Crippen LogP contribution in [0.4, 0.5) is 0 Å². The number of rotatable bonds is 2. The third-order valence-corrected chi connectivity index (χ3v) is 4.03. The number of amides is 1. The fourth-order valence-corrected chi connectivity index (χ4v) is 3.10. The summed E-state index contributed by atoms with van der Waals surface area (Å²) in [4.78, 5) is 18.0. The molecule has 1 N–H and O–H groups in total. The zero-order valence-corrected chi connectivity index (χ0v) is 10.3. The van der Waals surface area contributed by atoms with Crippen molar-refractivity contribution in [3.63, 3.8) is 0 Å². The van der Waals surface area contributed by atoms with Crippen molar-refractivity contribution in [1.29, 1.82) is 0 Å². The summed E-state index contributed by atoms with van der Waals surface area (Å²) in [7, 11) is 0. The Morgan fingerprint density at radius 1 is 1.53 bits per heavy atom. The summed E-state index contributed by atoms with van der Waals surface area (Å²) in [6.45, 7) is 3.82. The first-order chi connectivity index (χ1) is 7.16. The number of aryl methyl sites for hydroxylation is 1. The van der Waals surface area contributed by atoms with E-state index < -0.39 is 0 Å². The van der Waals surface area contributed by atoms with Gasteiger partial charge in [-0.25, -0.2) is 0 Å². The highest BCUT2D eigenvalue weighted by molar-refractivity contribution is 7.73. The lowest BCUT2D eigenvalue weighted by atomic mass is 10.3. The second-order valence-corrected chi connectivity index (χ2v) is 5.60. The molecule has 0 saturated carbocycles. The van der Waals surface area contributed by atoms with Gasteiger partial charge < -0.3 is 9.88 Å². The van der Waals surface area contributed by atoms with E-state index in [1.165, 1.54) is 11.3 Å². The fourth-order valence-electron chi connectivity index (χ4n) is 1.82. The highest BCUT2D eigenvalue weighted by Crippen LogP contribution is 2.17. The minimum absolute atomic E-state index is 0.237. The lowest BCUT2D eigenvalue weighted by Crippen LogP contribution is -2.28. The molecular formula is C10H14N2OS2. The number of carbonyl (C=O) groups is 1. The highest BCUT2D eigenvalue weighted by atomic mass is 32.1. The standard InChI is InChI=1S/C10H14N2OS2/c1-7-8(15-10(14)11-7)6-9(13)12-4-2-3-5-12/h2-6H2,1H3,(H,11,14). The van der Waals surface area contributed by atoms with Crippen LogP contribution < -0.4 is 0 Å². The molecule has 3 nitrogen and oxygen atoms in total. The topological polar surface area (TPSA) is 36.1 Å². The summed E-state index contributed by atoms with van der Waals surface area (Å²) >= 11 is 6.56. The van der Waals surface area contributed by atoms with Gasteiger partial charge in [-0.1, -0.05) is 0 Å². The SMILES string of the molecule is Cc1[nH]c(=S)sc1CC(=O)N1CCCC1. The van der Waals surface area contributed by atoms with Crippen LogP contribution in [0, 0.1) is 10.9 Å². The number of likely N-dealkylation sites (tertiary alicyclic amines) is 1. The molecular weight excluding hydrogens is 228 g/mol. The van der Waals surface area contributed by atoms with E-state index in [-0.39, 0.29) is 5.91 Å². The van der Waals surface area contributed by atoms with Crippen molar-refractivity contribution in [2.24, 2.45) is 0 Å². The predicted octanol–water partition coefficient (Wildman–Crippen LogP) is 2.28. The number of carbonyl (C=O) groups excluding carboxylic acids is 1. The van der Waals surface area contributed by atoms with Crippen LogP contribution >= 0.6 is 23.6 Å². The van der Waals surface area contributed by atoms with E-state index in [4.69, 9.17) is 12.2 Å². The average Bonchev–Trinajstić information content (AvgIpc) is 2.76. The Balaban J connectivity index is 2.05. The number of hydrogen-bond acceptors (Lipinski definition) is 3. The third-order valence-electron chi connectivity index (χ3n) is 2.69. The quantitative estimate of drug-likeness (QED) is 0.808. The van der Waals surface area contributed by atoms with Gasteiger partial charge in [0.1, 0.15) is 0 Å². The molecule has 15 heavy (non-hydrogen) atoms. The second-order valence-electron chi connectivity index (χ2n) is 3.83. The van der Waals surface area contributed by atoms with Gasteiger partial charge in [0.25, 0.3) is 0 Å². The largest absolute Gasteiger partial charge is 0.342 e. The Morgan fingerprint density at radius 3 is 2.73 bits per heavy atom. The molecule has 0 radical (unpaired) electrons. The maximum Gasteiger partial charge on any atom is 0.227 e. The molecule has 5 heteroatoms. The molecule has 2 rings (SSSR count). The fraction of sp³-hybridized carbons (Fsp3) is 0.600. The Morgan fingerprint density at radius 2 is 2.20 bits per heavy atom. The van der Waals surface area contributed by atoms with Crippen molar-refractivity contribution in [3.05, 3.63) is 14.5 Å². The van der Waals surface area contributed by atoms with E-state index in [2.05, 4.69) is 4.98 Å². The minimum atomic E-state index is 0.237. The summed E-state index contributed by atoms with van der Waals surface area (Å²) in [5.41, 5.74) is 1.04. The average molecular weight is 242 g/mol. The van der Waals surface area contributed by atoms with Gasteiger partial charge in [0.15, 0.2) is 3.95 Å². The Hall–Kier alpha value is -0.680. The molecule has 0 aliphatic carbocycles. The van der Waals surface area contributed by atoms with Gasteiger partial charge >= 0.3 is 0 Å². The maximum atomic E-state index is 11.9. The minimum Gasteiger partial charge on any atom is -0.342 e. The summed E-state index contributed by atoms with van der Waals surface area (Å²) in [6, 6.07) is 0. The van der Waals surface area contributed by atoms with Crippen LogP contribution in [0.25, 0.3) is 0 Å². The Labute approximate surface area is 98.1 Å². The molecule has 0 unspecified atom stereocenters. The van der Waals surface area contributed by atoms with E-state index in [1.807, 2.05) is 11.8 Å². The molecule has 0 atom stereocenters. The molecule has 1 fully saturated rings. The lowest BCUT2D eigenvalue weighted by Gasteiger charge is -2.14. The summed E-state index contributed by atoms with van der Waals surface area (Å²) in [5, 5.41) is 0. The number of hydrogen-bond donors (Lipinski definition) is 1. The van der Waals surface area contributed by atoms with Crippen LogP contribution in [-0.4, -0.2) is 28.9 Å². The van der Waals surface area contributed by atoms with Crippen molar-refractivity contribution in [2.75, 3.05) is 13.1 Å². The van der Waals surface area contributed by atoms with Crippen molar-refractivity contribution < 1.29 is 4.79 Å². The summed E-state index contributed by atoms with van der Waals surface area (Å²) < 4.78 is 0.761. The first-order valence-corrected chi connectivity index (χ1v) is 6.35. The highest BCUT2D eigenvalue weighted by Gasteiger charge is 2.19. The van der Waals surface area contributed by atoms with Crippen LogP contribution in [0.2, 0.25) is 0 Å². The molecule has 0 bridgehead atoms. The van der Waals surface area contributed by atoms with Gasteiger partial charge in [-0.3, -0.25) is 4.79 Å². The molecule has 1 aliphatic heterocycles. The number of aromatic nitrogens is 1. The molecule has 0 aromatic carbocycles. The van der Waals surface area contributed by atoms with E-state index in [0.717, 1.165) is 40.5 Å². The number of aromatic amines is 1. The van der Waals surface area contributed by atoms with Crippen molar-refractivity contribution in [1.82, 2.24) is 9.88 Å². The van der Waals surface area contributed by atoms with Crippen LogP contribution in [0.1, 0.15) is 23.4 Å². The number of H-pyrrole nitrogens is 1. The monoisotopic (exact) mass is 242 g/mol. The van der Waals surface area contributed by atoms with Crippen LogP contribution in [0.3, 0.4) is 0 Å². The van der Waals surface area contributed by atoms with Crippen LogP contribution in [0.15, 0.2) is 0 Å². The number of nitrogens with zero attached hydrogens (tertiary/aromatic N) is 1.